The lowest BCUT2D eigenvalue weighted by Crippen LogP contribution is -2.45. The van der Waals surface area contributed by atoms with E-state index in [0.717, 1.165) is 48.7 Å². The van der Waals surface area contributed by atoms with E-state index in [1.165, 1.54) is 16.7 Å². The van der Waals surface area contributed by atoms with Crippen LogP contribution in [0.5, 0.6) is 5.75 Å². The fraction of sp³-hybridized carbons (Fsp3) is 0.417. The van der Waals surface area contributed by atoms with Crippen molar-refractivity contribution >= 4 is 11.0 Å². The van der Waals surface area contributed by atoms with Gasteiger partial charge < -0.3 is 14.5 Å². The smallest absolute Gasteiger partial charge is 0.176 e. The third-order valence-electron chi connectivity index (χ3n) is 5.64. The molecule has 0 radical (unpaired) electrons. The molecule has 2 heterocycles. The van der Waals surface area contributed by atoms with Crippen molar-refractivity contribution in [2.75, 3.05) is 26.7 Å². The molecule has 4 nitrogen and oxygen atoms in total. The Hall–Kier alpha value is -2.30. The van der Waals surface area contributed by atoms with Crippen LogP contribution in [0.1, 0.15) is 48.3 Å². The average Bonchev–Trinajstić information content (AvgIpc) is 3.07. The Bertz CT molecular complexity index is 960. The van der Waals surface area contributed by atoms with Crippen LogP contribution in [0.3, 0.4) is 0 Å². The van der Waals surface area contributed by atoms with Gasteiger partial charge in [-0.3, -0.25) is 4.90 Å². The van der Waals surface area contributed by atoms with Crippen molar-refractivity contribution in [3.8, 4) is 5.75 Å². The van der Waals surface area contributed by atoms with Crippen LogP contribution in [0.2, 0.25) is 0 Å². The quantitative estimate of drug-likeness (QED) is 0.676. The Morgan fingerprint density at radius 3 is 2.82 bits per heavy atom. The maximum absolute atomic E-state index is 5.80. The topological polar surface area (TPSA) is 37.6 Å². The molecule has 148 valence electrons. The molecular formula is C24H30N2O2. The Morgan fingerprint density at radius 1 is 1.21 bits per heavy atom. The Morgan fingerprint density at radius 2 is 2.04 bits per heavy atom. The van der Waals surface area contributed by atoms with Gasteiger partial charge in [0.2, 0.25) is 0 Å². The van der Waals surface area contributed by atoms with Gasteiger partial charge in [0.05, 0.1) is 7.11 Å². The lowest BCUT2D eigenvalue weighted by molar-refractivity contribution is 0.192. The fourth-order valence-corrected chi connectivity index (χ4v) is 4.33. The number of nitrogens with zero attached hydrogens (tertiary/aromatic N) is 1. The summed E-state index contributed by atoms with van der Waals surface area (Å²) < 4.78 is 11.4. The van der Waals surface area contributed by atoms with Gasteiger partial charge in [0, 0.05) is 37.6 Å². The molecule has 1 aliphatic rings. The predicted molar refractivity (Wildman–Crippen MR) is 114 cm³/mol. The normalized spacial score (nSPS) is 18.1. The van der Waals surface area contributed by atoms with Crippen molar-refractivity contribution in [3.63, 3.8) is 0 Å². The van der Waals surface area contributed by atoms with Gasteiger partial charge in [0.1, 0.15) is 5.76 Å². The summed E-state index contributed by atoms with van der Waals surface area (Å²) in [5.41, 5.74) is 4.98. The largest absolute Gasteiger partial charge is 0.493 e. The molecule has 28 heavy (non-hydrogen) atoms. The fourth-order valence-electron chi connectivity index (χ4n) is 4.33. The van der Waals surface area contributed by atoms with Crippen molar-refractivity contribution in [2.45, 2.75) is 39.3 Å². The number of methoxy groups -OCH3 is 1. The summed E-state index contributed by atoms with van der Waals surface area (Å²) in [6.45, 7) is 10.5. The van der Waals surface area contributed by atoms with Crippen molar-refractivity contribution in [3.05, 3.63) is 64.9 Å². The van der Waals surface area contributed by atoms with E-state index in [-0.39, 0.29) is 0 Å². The van der Waals surface area contributed by atoms with E-state index in [2.05, 4.69) is 66.5 Å². The number of ether oxygens (including phenoxy) is 1. The maximum atomic E-state index is 5.80. The molecule has 1 fully saturated rings. The van der Waals surface area contributed by atoms with Gasteiger partial charge in [-0.2, -0.15) is 0 Å². The van der Waals surface area contributed by atoms with Gasteiger partial charge >= 0.3 is 0 Å². The number of piperazine rings is 1. The molecule has 4 heteroatoms. The third kappa shape index (κ3) is 3.80. The summed E-state index contributed by atoms with van der Waals surface area (Å²) in [5, 5.41) is 4.84. The lowest BCUT2D eigenvalue weighted by atomic mass is 9.92. The zero-order chi connectivity index (χ0) is 19.7. The van der Waals surface area contributed by atoms with Crippen LogP contribution in [0, 0.1) is 6.92 Å². The average molecular weight is 379 g/mol. The first-order chi connectivity index (χ1) is 13.5. The van der Waals surface area contributed by atoms with Gasteiger partial charge in [-0.15, -0.1) is 0 Å². The highest BCUT2D eigenvalue weighted by Gasteiger charge is 2.23. The molecule has 0 spiro atoms. The SMILES string of the molecule is COc1cc(CN2CCN[C@H](c3ccccc3C(C)C)C2)cc2cc(C)oc12. The van der Waals surface area contributed by atoms with Crippen molar-refractivity contribution in [2.24, 2.45) is 0 Å². The van der Waals surface area contributed by atoms with Gasteiger partial charge in [-0.1, -0.05) is 38.1 Å². The maximum Gasteiger partial charge on any atom is 0.176 e. The molecule has 0 amide bonds. The van der Waals surface area contributed by atoms with E-state index in [1.807, 2.05) is 6.92 Å². The first-order valence-corrected chi connectivity index (χ1v) is 10.2. The van der Waals surface area contributed by atoms with E-state index in [0.29, 0.717) is 12.0 Å². The van der Waals surface area contributed by atoms with E-state index < -0.39 is 0 Å². The van der Waals surface area contributed by atoms with Gasteiger partial charge in [-0.25, -0.2) is 0 Å². The Balaban J connectivity index is 1.55. The van der Waals surface area contributed by atoms with Crippen LogP contribution >= 0.6 is 0 Å². The molecule has 0 aliphatic carbocycles. The van der Waals surface area contributed by atoms with Crippen molar-refractivity contribution in [1.29, 1.82) is 0 Å². The van der Waals surface area contributed by atoms with Gasteiger partial charge in [-0.05, 0) is 47.7 Å². The highest BCUT2D eigenvalue weighted by molar-refractivity contribution is 5.84. The number of nitrogens with one attached hydrogen (secondary N) is 1. The highest BCUT2D eigenvalue weighted by atomic mass is 16.5. The molecule has 3 aromatic rings. The minimum absolute atomic E-state index is 0.370. The lowest BCUT2D eigenvalue weighted by Gasteiger charge is -2.35. The third-order valence-corrected chi connectivity index (χ3v) is 5.64. The molecule has 2 aromatic carbocycles. The standard InChI is InChI=1S/C24H30N2O2/c1-16(2)20-7-5-6-8-21(20)22-15-26(10-9-25-22)14-18-12-19-11-17(3)28-24(19)23(13-18)27-4/h5-8,11-13,16,22,25H,9-10,14-15H2,1-4H3/t22-/m0/s1. The molecule has 1 saturated heterocycles. The first kappa shape index (κ1) is 19.0. The number of hydrogen-bond donors (Lipinski definition) is 1. The van der Waals surface area contributed by atoms with Crippen molar-refractivity contribution in [1.82, 2.24) is 10.2 Å². The summed E-state index contributed by atoms with van der Waals surface area (Å²) in [6.07, 6.45) is 0. The van der Waals surface area contributed by atoms with Gasteiger partial charge in [0.25, 0.3) is 0 Å². The van der Waals surface area contributed by atoms with Crippen LogP contribution < -0.4 is 10.1 Å². The summed E-state index contributed by atoms with van der Waals surface area (Å²) in [7, 11) is 1.71. The number of hydrogen-bond acceptors (Lipinski definition) is 4. The van der Waals surface area contributed by atoms with Crippen LogP contribution in [0.25, 0.3) is 11.0 Å². The summed E-state index contributed by atoms with van der Waals surface area (Å²) in [6, 6.07) is 15.6. The molecule has 0 bridgehead atoms. The summed E-state index contributed by atoms with van der Waals surface area (Å²) in [4.78, 5) is 2.53. The monoisotopic (exact) mass is 378 g/mol. The van der Waals surface area contributed by atoms with Gasteiger partial charge in [0.15, 0.2) is 11.3 Å². The van der Waals surface area contributed by atoms with E-state index in [1.54, 1.807) is 7.11 Å². The number of furan rings is 1. The highest BCUT2D eigenvalue weighted by Crippen LogP contribution is 2.32. The Labute approximate surface area is 167 Å². The molecular weight excluding hydrogens is 348 g/mol. The van der Waals surface area contributed by atoms with Crippen LogP contribution in [0.4, 0.5) is 0 Å². The Kier molecular flexibility index (Phi) is 5.42. The second kappa shape index (κ2) is 7.98. The van der Waals surface area contributed by atoms with Crippen molar-refractivity contribution < 1.29 is 9.15 Å². The minimum Gasteiger partial charge on any atom is -0.493 e. The molecule has 0 unspecified atom stereocenters. The number of aryl methyl sites for hydroxylation is 1. The van der Waals surface area contributed by atoms with Crippen LogP contribution in [0.15, 0.2) is 46.9 Å². The number of fused-ring (bicyclic) bond motifs is 1. The molecule has 4 rings (SSSR count). The predicted octanol–water partition coefficient (Wildman–Crippen LogP) is 5.02. The zero-order valence-corrected chi connectivity index (χ0v) is 17.3. The number of rotatable bonds is 5. The van der Waals surface area contributed by atoms with E-state index in [9.17, 15) is 0 Å². The van der Waals surface area contributed by atoms with E-state index >= 15 is 0 Å². The first-order valence-electron chi connectivity index (χ1n) is 10.2. The van der Waals surface area contributed by atoms with E-state index in [4.69, 9.17) is 9.15 Å². The summed E-state index contributed by atoms with van der Waals surface area (Å²) >= 11 is 0. The second-order valence-corrected chi connectivity index (χ2v) is 8.10. The molecule has 0 saturated carbocycles. The molecule has 1 N–H and O–H groups in total. The molecule has 1 aromatic heterocycles. The minimum atomic E-state index is 0.370. The molecule has 1 aliphatic heterocycles. The van der Waals surface area contributed by atoms with Crippen LogP contribution in [-0.2, 0) is 6.54 Å². The zero-order valence-electron chi connectivity index (χ0n) is 17.3. The molecule has 1 atom stereocenters. The second-order valence-electron chi connectivity index (χ2n) is 8.10. The van der Waals surface area contributed by atoms with Crippen LogP contribution in [-0.4, -0.2) is 31.6 Å². The summed E-state index contributed by atoms with van der Waals surface area (Å²) in [5.74, 6) is 2.26. The number of benzene rings is 2.